The molecule has 1 aromatic heterocycles. The third-order valence-corrected chi connectivity index (χ3v) is 3.24. The van der Waals surface area contributed by atoms with Crippen LogP contribution < -0.4 is 0 Å². The third kappa shape index (κ3) is 1.83. The fourth-order valence-electron chi connectivity index (χ4n) is 1.87. The van der Waals surface area contributed by atoms with E-state index in [9.17, 15) is 5.11 Å². The summed E-state index contributed by atoms with van der Waals surface area (Å²) in [7, 11) is 0. The molecule has 0 aliphatic rings. The van der Waals surface area contributed by atoms with Crippen molar-refractivity contribution in [3.63, 3.8) is 0 Å². The van der Waals surface area contributed by atoms with Crippen LogP contribution in [0.25, 0.3) is 22.1 Å². The largest absolute Gasteiger partial charge is 0.508 e. The van der Waals surface area contributed by atoms with E-state index in [0.29, 0.717) is 5.58 Å². The molecule has 1 N–H and O–H groups in total. The zero-order chi connectivity index (χ0) is 11.8. The van der Waals surface area contributed by atoms with Crippen molar-refractivity contribution in [2.24, 2.45) is 0 Å². The van der Waals surface area contributed by atoms with Gasteiger partial charge in [-0.3, -0.25) is 0 Å². The number of phenols is 1. The molecule has 17 heavy (non-hydrogen) atoms. The molecule has 2 nitrogen and oxygen atoms in total. The number of furan rings is 1. The molecule has 0 saturated carbocycles. The van der Waals surface area contributed by atoms with E-state index in [0.717, 1.165) is 21.0 Å². The van der Waals surface area contributed by atoms with Gasteiger partial charge in [-0.1, -0.05) is 28.1 Å². The first-order chi connectivity index (χ1) is 8.24. The Hall–Kier alpha value is -1.74. The van der Waals surface area contributed by atoms with E-state index in [2.05, 4.69) is 15.9 Å². The number of aromatic hydroxyl groups is 1. The number of phenolic OH excluding ortho intramolecular Hbond substituents is 1. The van der Waals surface area contributed by atoms with Gasteiger partial charge in [-0.25, -0.2) is 0 Å². The zero-order valence-corrected chi connectivity index (χ0v) is 10.4. The molecule has 0 fully saturated rings. The normalized spacial score (nSPS) is 10.9. The maximum Gasteiger partial charge on any atom is 0.138 e. The topological polar surface area (TPSA) is 33.4 Å². The Kier molecular flexibility index (Phi) is 2.41. The first-order valence-electron chi connectivity index (χ1n) is 5.20. The average Bonchev–Trinajstić information content (AvgIpc) is 2.73. The summed E-state index contributed by atoms with van der Waals surface area (Å²) in [4.78, 5) is 0. The summed E-state index contributed by atoms with van der Waals surface area (Å²) in [5.74, 6) is 0.217. The van der Waals surface area contributed by atoms with Crippen LogP contribution >= 0.6 is 15.9 Å². The first kappa shape index (κ1) is 10.4. The van der Waals surface area contributed by atoms with Gasteiger partial charge >= 0.3 is 0 Å². The van der Waals surface area contributed by atoms with Crippen LogP contribution in [0.5, 0.6) is 5.75 Å². The highest BCUT2D eigenvalue weighted by Crippen LogP contribution is 2.32. The summed E-state index contributed by atoms with van der Waals surface area (Å²) in [6.07, 6.45) is 1.72. The quantitative estimate of drug-likeness (QED) is 0.712. The molecule has 0 bridgehead atoms. The van der Waals surface area contributed by atoms with E-state index in [-0.39, 0.29) is 5.75 Å². The van der Waals surface area contributed by atoms with Crippen molar-refractivity contribution >= 4 is 26.9 Å². The SMILES string of the molecule is Oc1ccc2c(-c3ccc(Br)cc3)coc2c1. The highest BCUT2D eigenvalue weighted by Gasteiger charge is 2.08. The number of fused-ring (bicyclic) bond motifs is 1. The minimum atomic E-state index is 0.217. The minimum Gasteiger partial charge on any atom is -0.508 e. The van der Waals surface area contributed by atoms with Crippen molar-refractivity contribution in [3.05, 3.63) is 53.2 Å². The number of benzene rings is 2. The monoisotopic (exact) mass is 288 g/mol. The number of rotatable bonds is 1. The molecule has 0 saturated heterocycles. The zero-order valence-electron chi connectivity index (χ0n) is 8.85. The molecule has 0 atom stereocenters. The summed E-state index contributed by atoms with van der Waals surface area (Å²) < 4.78 is 6.49. The van der Waals surface area contributed by atoms with E-state index in [4.69, 9.17) is 4.42 Å². The second-order valence-corrected chi connectivity index (χ2v) is 4.75. The maximum absolute atomic E-state index is 9.38. The molecule has 3 rings (SSSR count). The fourth-order valence-corrected chi connectivity index (χ4v) is 2.13. The Morgan fingerprint density at radius 2 is 1.76 bits per heavy atom. The van der Waals surface area contributed by atoms with Crippen molar-refractivity contribution < 1.29 is 9.52 Å². The molecule has 3 heteroatoms. The van der Waals surface area contributed by atoms with Crippen LogP contribution in [0.15, 0.2) is 57.6 Å². The molecule has 0 unspecified atom stereocenters. The van der Waals surface area contributed by atoms with E-state index in [1.165, 1.54) is 0 Å². The highest BCUT2D eigenvalue weighted by molar-refractivity contribution is 9.10. The van der Waals surface area contributed by atoms with Crippen molar-refractivity contribution in [1.29, 1.82) is 0 Å². The van der Waals surface area contributed by atoms with Gasteiger partial charge in [0.25, 0.3) is 0 Å². The Morgan fingerprint density at radius 3 is 2.53 bits per heavy atom. The molecular formula is C14H9BrO2. The highest BCUT2D eigenvalue weighted by atomic mass is 79.9. The summed E-state index contributed by atoms with van der Waals surface area (Å²) in [5.41, 5.74) is 2.83. The molecular weight excluding hydrogens is 280 g/mol. The molecule has 0 radical (unpaired) electrons. The van der Waals surface area contributed by atoms with Crippen molar-refractivity contribution in [3.8, 4) is 16.9 Å². The van der Waals surface area contributed by atoms with Crippen LogP contribution in [-0.4, -0.2) is 5.11 Å². The Bertz CT molecular complexity index is 668. The van der Waals surface area contributed by atoms with Crippen LogP contribution in [0.1, 0.15) is 0 Å². The second kappa shape index (κ2) is 3.93. The average molecular weight is 289 g/mol. The Labute approximate surface area is 107 Å². The van der Waals surface area contributed by atoms with Gasteiger partial charge in [-0.2, -0.15) is 0 Å². The van der Waals surface area contributed by atoms with Crippen LogP contribution in [0, 0.1) is 0 Å². The summed E-state index contributed by atoms with van der Waals surface area (Å²) >= 11 is 3.41. The molecule has 3 aromatic rings. The van der Waals surface area contributed by atoms with E-state index in [1.807, 2.05) is 30.3 Å². The molecule has 0 aliphatic heterocycles. The summed E-state index contributed by atoms with van der Waals surface area (Å²) in [6, 6.07) is 13.2. The predicted molar refractivity (Wildman–Crippen MR) is 71.0 cm³/mol. The standard InChI is InChI=1S/C14H9BrO2/c15-10-3-1-9(2-4-10)13-8-17-14-7-11(16)5-6-12(13)14/h1-8,16H. The van der Waals surface area contributed by atoms with Crippen molar-refractivity contribution in [1.82, 2.24) is 0 Å². The van der Waals surface area contributed by atoms with Gasteiger partial charge in [-0.15, -0.1) is 0 Å². The number of hydrogen-bond donors (Lipinski definition) is 1. The van der Waals surface area contributed by atoms with Crippen LogP contribution in [0.4, 0.5) is 0 Å². The van der Waals surface area contributed by atoms with Gasteiger partial charge in [-0.05, 0) is 29.8 Å². The molecule has 1 heterocycles. The van der Waals surface area contributed by atoms with Gasteiger partial charge in [0.2, 0.25) is 0 Å². The predicted octanol–water partition coefficient (Wildman–Crippen LogP) is 4.57. The molecule has 2 aromatic carbocycles. The van der Waals surface area contributed by atoms with Gasteiger partial charge in [0, 0.05) is 21.5 Å². The lowest BCUT2D eigenvalue weighted by Gasteiger charge is -1.98. The van der Waals surface area contributed by atoms with Crippen molar-refractivity contribution in [2.75, 3.05) is 0 Å². The first-order valence-corrected chi connectivity index (χ1v) is 5.99. The smallest absolute Gasteiger partial charge is 0.138 e. The van der Waals surface area contributed by atoms with Gasteiger partial charge in [0.15, 0.2) is 0 Å². The van der Waals surface area contributed by atoms with Gasteiger partial charge in [0.1, 0.15) is 11.3 Å². The second-order valence-electron chi connectivity index (χ2n) is 3.84. The van der Waals surface area contributed by atoms with Gasteiger partial charge < -0.3 is 9.52 Å². The molecule has 0 amide bonds. The van der Waals surface area contributed by atoms with E-state index < -0.39 is 0 Å². The van der Waals surface area contributed by atoms with Crippen LogP contribution in [0.3, 0.4) is 0 Å². The lowest BCUT2D eigenvalue weighted by molar-refractivity contribution is 0.474. The van der Waals surface area contributed by atoms with E-state index in [1.54, 1.807) is 18.4 Å². The Balaban J connectivity index is 2.21. The van der Waals surface area contributed by atoms with Gasteiger partial charge in [0.05, 0.1) is 6.26 Å². The number of hydrogen-bond acceptors (Lipinski definition) is 2. The van der Waals surface area contributed by atoms with Crippen molar-refractivity contribution in [2.45, 2.75) is 0 Å². The third-order valence-electron chi connectivity index (χ3n) is 2.71. The maximum atomic E-state index is 9.38. The summed E-state index contributed by atoms with van der Waals surface area (Å²) in [5, 5.41) is 10.4. The molecule has 84 valence electrons. The van der Waals surface area contributed by atoms with Crippen LogP contribution in [0.2, 0.25) is 0 Å². The number of halogens is 1. The summed E-state index contributed by atoms with van der Waals surface area (Å²) in [6.45, 7) is 0. The molecule has 0 spiro atoms. The molecule has 0 aliphatic carbocycles. The van der Waals surface area contributed by atoms with E-state index >= 15 is 0 Å². The lowest BCUT2D eigenvalue weighted by atomic mass is 10.1. The van der Waals surface area contributed by atoms with Crippen LogP contribution in [-0.2, 0) is 0 Å². The lowest BCUT2D eigenvalue weighted by Crippen LogP contribution is -1.74. The fraction of sp³-hybridized carbons (Fsp3) is 0. The Morgan fingerprint density at radius 1 is 1.00 bits per heavy atom. The minimum absolute atomic E-state index is 0.217.